The van der Waals surface area contributed by atoms with Gasteiger partial charge >= 0.3 is 0 Å². The van der Waals surface area contributed by atoms with Gasteiger partial charge in [0.15, 0.2) is 0 Å². The number of primary amides is 1. The average molecular weight is 367 g/mol. The van der Waals surface area contributed by atoms with Gasteiger partial charge in [-0.1, -0.05) is 19.3 Å². The quantitative estimate of drug-likeness (QED) is 0.507. The average Bonchev–Trinajstić information content (AvgIpc) is 3.11. The summed E-state index contributed by atoms with van der Waals surface area (Å²) >= 11 is 0. The van der Waals surface area contributed by atoms with Gasteiger partial charge in [0.1, 0.15) is 0 Å². The van der Waals surface area contributed by atoms with Crippen molar-refractivity contribution < 1.29 is 14.3 Å². The van der Waals surface area contributed by atoms with Crippen LogP contribution in [0.5, 0.6) is 0 Å². The van der Waals surface area contributed by atoms with Gasteiger partial charge in [-0.15, -0.1) is 0 Å². The lowest BCUT2D eigenvalue weighted by Gasteiger charge is -2.54. The lowest BCUT2D eigenvalue weighted by molar-refractivity contribution is -0.143. The highest BCUT2D eigenvalue weighted by Gasteiger charge is 2.60. The van der Waals surface area contributed by atoms with Gasteiger partial charge in [-0.3, -0.25) is 9.59 Å². The monoisotopic (exact) mass is 366 g/mol. The van der Waals surface area contributed by atoms with Crippen LogP contribution in [0, 0.1) is 23.2 Å². The first-order chi connectivity index (χ1) is 12.5. The maximum atomic E-state index is 12.7. The minimum Gasteiger partial charge on any atom is -0.377 e. The molecule has 2 saturated heterocycles. The maximum Gasteiger partial charge on any atom is 0.227 e. The Bertz CT molecular complexity index is 523. The van der Waals surface area contributed by atoms with Gasteiger partial charge in [-0.2, -0.15) is 0 Å². The maximum absolute atomic E-state index is 12.7. The number of carbonyl (C=O) groups is 2. The number of rotatable bonds is 7. The molecule has 3 rings (SSSR count). The van der Waals surface area contributed by atoms with E-state index in [2.05, 4.69) is 16.0 Å². The molecular weight excluding hydrogens is 332 g/mol. The van der Waals surface area contributed by atoms with E-state index >= 15 is 0 Å². The van der Waals surface area contributed by atoms with E-state index in [0.717, 1.165) is 0 Å². The minimum atomic E-state index is -0.334. The van der Waals surface area contributed by atoms with Crippen LogP contribution >= 0.6 is 0 Å². The molecule has 0 bridgehead atoms. The van der Waals surface area contributed by atoms with Crippen LogP contribution < -0.4 is 21.7 Å². The Labute approximate surface area is 156 Å². The Morgan fingerprint density at radius 1 is 1.27 bits per heavy atom. The summed E-state index contributed by atoms with van der Waals surface area (Å²) in [5.74, 6) is -0.294. The van der Waals surface area contributed by atoms with Crippen molar-refractivity contribution in [2.45, 2.75) is 51.2 Å². The Morgan fingerprint density at radius 2 is 2.00 bits per heavy atom. The van der Waals surface area contributed by atoms with Crippen molar-refractivity contribution in [2.24, 2.45) is 28.9 Å². The van der Waals surface area contributed by atoms with Crippen molar-refractivity contribution in [3.8, 4) is 0 Å². The summed E-state index contributed by atoms with van der Waals surface area (Å²) in [4.78, 5) is 24.6. The Kier molecular flexibility index (Phi) is 6.20. The standard InChI is InChI=1S/C19H34N4O3/c1-12(26-9-13-6-4-3-5-7-13)15(18(25)21-2)16-19(11-23-16)10-22-8-14(19)17(20)24/h12-16,22-23H,3-11H2,1-2H3,(H2,20,24)(H,21,25)/t12-,14?,15-,16?,19?/m1/s1. The first-order valence-corrected chi connectivity index (χ1v) is 10.1. The third kappa shape index (κ3) is 3.62. The topological polar surface area (TPSA) is 105 Å². The summed E-state index contributed by atoms with van der Waals surface area (Å²) in [6.07, 6.45) is 6.11. The smallest absolute Gasteiger partial charge is 0.227 e. The molecule has 0 radical (unpaired) electrons. The first kappa shape index (κ1) is 19.6. The number of amides is 2. The number of carbonyl (C=O) groups excluding carboxylic acids is 2. The molecular formula is C19H34N4O3. The van der Waals surface area contributed by atoms with Crippen molar-refractivity contribution >= 4 is 11.8 Å². The van der Waals surface area contributed by atoms with Crippen LogP contribution in [-0.4, -0.2) is 57.2 Å². The molecule has 1 spiro atoms. The molecule has 3 aliphatic rings. The molecule has 1 aliphatic carbocycles. The lowest BCUT2D eigenvalue weighted by atomic mass is 9.61. The molecule has 3 fully saturated rings. The molecule has 0 aromatic carbocycles. The summed E-state index contributed by atoms with van der Waals surface area (Å²) in [7, 11) is 1.66. The molecule has 1 saturated carbocycles. The van der Waals surface area contributed by atoms with Crippen LogP contribution in [-0.2, 0) is 14.3 Å². The molecule has 3 unspecified atom stereocenters. The van der Waals surface area contributed by atoms with E-state index in [9.17, 15) is 9.59 Å². The van der Waals surface area contributed by atoms with Crippen LogP contribution in [0.3, 0.4) is 0 Å². The van der Waals surface area contributed by atoms with Crippen molar-refractivity contribution in [3.63, 3.8) is 0 Å². The first-order valence-electron chi connectivity index (χ1n) is 10.1. The number of nitrogens with one attached hydrogen (secondary N) is 3. The zero-order chi connectivity index (χ0) is 18.7. The van der Waals surface area contributed by atoms with Crippen LogP contribution in [0.15, 0.2) is 0 Å². The van der Waals surface area contributed by atoms with E-state index in [0.29, 0.717) is 32.2 Å². The molecule has 0 aromatic heterocycles. The molecule has 7 nitrogen and oxygen atoms in total. The second-order valence-electron chi connectivity index (χ2n) is 8.36. The summed E-state index contributed by atoms with van der Waals surface area (Å²) < 4.78 is 6.18. The SMILES string of the molecule is CNC(=O)[C@@H](C1NCC12CNCC2C(N)=O)[C@@H](C)OCC1CCCCC1. The van der Waals surface area contributed by atoms with E-state index in [-0.39, 0.29) is 41.2 Å². The number of nitrogens with two attached hydrogens (primary N) is 1. The lowest BCUT2D eigenvalue weighted by Crippen LogP contribution is -2.73. The van der Waals surface area contributed by atoms with Crippen LogP contribution in [0.4, 0.5) is 0 Å². The van der Waals surface area contributed by atoms with Crippen LogP contribution in [0.25, 0.3) is 0 Å². The van der Waals surface area contributed by atoms with Crippen molar-refractivity contribution in [3.05, 3.63) is 0 Å². The zero-order valence-corrected chi connectivity index (χ0v) is 16.1. The summed E-state index contributed by atoms with van der Waals surface area (Å²) in [6.45, 7) is 4.71. The summed E-state index contributed by atoms with van der Waals surface area (Å²) in [5.41, 5.74) is 5.36. The third-order valence-corrected chi connectivity index (χ3v) is 6.84. The largest absolute Gasteiger partial charge is 0.377 e. The van der Waals surface area contributed by atoms with Gasteiger partial charge < -0.3 is 26.4 Å². The fourth-order valence-electron chi connectivity index (χ4n) is 5.19. The van der Waals surface area contributed by atoms with Crippen molar-refractivity contribution in [1.82, 2.24) is 16.0 Å². The van der Waals surface area contributed by atoms with E-state index < -0.39 is 0 Å². The molecule has 26 heavy (non-hydrogen) atoms. The highest BCUT2D eigenvalue weighted by molar-refractivity contribution is 5.82. The van der Waals surface area contributed by atoms with Gasteiger partial charge in [-0.25, -0.2) is 0 Å². The van der Waals surface area contributed by atoms with Crippen LogP contribution in [0.1, 0.15) is 39.0 Å². The normalized spacial score (nSPS) is 34.2. The number of hydrogen-bond donors (Lipinski definition) is 4. The Hall–Kier alpha value is -1.18. The fraction of sp³-hybridized carbons (Fsp3) is 0.895. The molecule has 2 heterocycles. The van der Waals surface area contributed by atoms with Gasteiger partial charge in [0.2, 0.25) is 11.8 Å². The van der Waals surface area contributed by atoms with Gasteiger partial charge in [0.05, 0.1) is 17.9 Å². The van der Waals surface area contributed by atoms with Gasteiger partial charge in [-0.05, 0) is 25.7 Å². The predicted octanol–water partition coefficient (Wildman–Crippen LogP) is -0.00310. The Morgan fingerprint density at radius 3 is 2.58 bits per heavy atom. The molecule has 5 N–H and O–H groups in total. The van der Waals surface area contributed by atoms with E-state index in [1.807, 2.05) is 6.92 Å². The van der Waals surface area contributed by atoms with Gasteiger partial charge in [0.25, 0.3) is 0 Å². The van der Waals surface area contributed by atoms with E-state index in [4.69, 9.17) is 10.5 Å². The molecule has 5 atom stereocenters. The van der Waals surface area contributed by atoms with E-state index in [1.165, 1.54) is 32.1 Å². The van der Waals surface area contributed by atoms with Crippen LogP contribution in [0.2, 0.25) is 0 Å². The summed E-state index contributed by atoms with van der Waals surface area (Å²) in [5, 5.41) is 9.49. The van der Waals surface area contributed by atoms with Crippen molar-refractivity contribution in [1.29, 1.82) is 0 Å². The molecule has 2 amide bonds. The summed E-state index contributed by atoms with van der Waals surface area (Å²) in [6, 6.07) is -0.101. The van der Waals surface area contributed by atoms with E-state index in [1.54, 1.807) is 7.05 Å². The second-order valence-corrected chi connectivity index (χ2v) is 8.36. The van der Waals surface area contributed by atoms with Gasteiger partial charge in [0, 0.05) is 44.7 Å². The second kappa shape index (κ2) is 8.23. The number of ether oxygens (including phenoxy) is 1. The number of hydrogen-bond acceptors (Lipinski definition) is 5. The molecule has 0 aromatic rings. The highest BCUT2D eigenvalue weighted by Crippen LogP contribution is 2.44. The predicted molar refractivity (Wildman–Crippen MR) is 99.3 cm³/mol. The highest BCUT2D eigenvalue weighted by atomic mass is 16.5. The zero-order valence-electron chi connectivity index (χ0n) is 16.1. The molecule has 148 valence electrons. The fourth-order valence-corrected chi connectivity index (χ4v) is 5.19. The minimum absolute atomic E-state index is 0.0344. The van der Waals surface area contributed by atoms with Crippen molar-refractivity contribution in [2.75, 3.05) is 33.3 Å². The molecule has 2 aliphatic heterocycles. The molecule has 7 heteroatoms. The Balaban J connectivity index is 1.69. The third-order valence-electron chi connectivity index (χ3n) is 6.84.